The van der Waals surface area contributed by atoms with Crippen molar-refractivity contribution in [2.75, 3.05) is 37.7 Å². The Morgan fingerprint density at radius 1 is 1.18 bits per heavy atom. The molecule has 0 unspecified atom stereocenters. The molecule has 184 valence electrons. The van der Waals surface area contributed by atoms with E-state index < -0.39 is 11.7 Å². The summed E-state index contributed by atoms with van der Waals surface area (Å²) in [5.74, 6) is 0.862. The highest BCUT2D eigenvalue weighted by molar-refractivity contribution is 5.77. The Bertz CT molecular complexity index is 1050. The van der Waals surface area contributed by atoms with Crippen molar-refractivity contribution in [2.24, 2.45) is 0 Å². The normalized spacial score (nSPS) is 21.1. The number of hydrogen-bond donors (Lipinski definition) is 1. The summed E-state index contributed by atoms with van der Waals surface area (Å²) in [6, 6.07) is 2.38. The molecule has 2 fully saturated rings. The van der Waals surface area contributed by atoms with E-state index in [-0.39, 0.29) is 36.7 Å². The van der Waals surface area contributed by atoms with Crippen molar-refractivity contribution >= 4 is 11.7 Å². The van der Waals surface area contributed by atoms with Gasteiger partial charge in [0.05, 0.1) is 36.0 Å². The number of H-pyrrole nitrogens is 1. The van der Waals surface area contributed by atoms with Gasteiger partial charge in [0.25, 0.3) is 5.56 Å². The van der Waals surface area contributed by atoms with Gasteiger partial charge in [-0.05, 0) is 31.9 Å². The predicted molar refractivity (Wildman–Crippen MR) is 116 cm³/mol. The molecule has 2 aromatic rings. The van der Waals surface area contributed by atoms with Crippen LogP contribution in [-0.2, 0) is 15.7 Å². The van der Waals surface area contributed by atoms with Gasteiger partial charge in [0, 0.05) is 32.4 Å². The first-order chi connectivity index (χ1) is 16.2. The summed E-state index contributed by atoms with van der Waals surface area (Å²) in [7, 11) is 0. The van der Waals surface area contributed by atoms with Gasteiger partial charge in [-0.25, -0.2) is 10.1 Å². The average molecular weight is 481 g/mol. The number of carbonyl (C=O) groups excluding carboxylic acids is 1. The van der Waals surface area contributed by atoms with Crippen LogP contribution in [0.5, 0.6) is 5.75 Å². The maximum Gasteiger partial charge on any atom is 0.417 e. The number of carbonyl (C=O) groups is 1. The van der Waals surface area contributed by atoms with Crippen LogP contribution in [0, 0.1) is 6.92 Å². The van der Waals surface area contributed by atoms with Gasteiger partial charge in [-0.2, -0.15) is 18.3 Å². The fourth-order valence-corrected chi connectivity index (χ4v) is 4.07. The smallest absolute Gasteiger partial charge is 0.417 e. The van der Waals surface area contributed by atoms with Crippen LogP contribution in [0.15, 0.2) is 29.3 Å². The molecule has 2 atom stereocenters. The first kappa shape index (κ1) is 24.0. The molecular weight excluding hydrogens is 455 g/mol. The molecule has 0 spiro atoms. The molecule has 2 aliphatic rings. The number of nitrogens with zero attached hydrogens (tertiary/aromatic N) is 4. The van der Waals surface area contributed by atoms with Crippen molar-refractivity contribution in [3.05, 3.63) is 46.0 Å². The lowest BCUT2D eigenvalue weighted by molar-refractivity contribution is -0.138. The van der Waals surface area contributed by atoms with Crippen molar-refractivity contribution in [1.29, 1.82) is 0 Å². The van der Waals surface area contributed by atoms with Crippen LogP contribution < -0.4 is 15.2 Å². The van der Waals surface area contributed by atoms with Crippen LogP contribution >= 0.6 is 0 Å². The summed E-state index contributed by atoms with van der Waals surface area (Å²) in [6.45, 7) is 3.85. The highest BCUT2D eigenvalue weighted by Gasteiger charge is 2.32. The van der Waals surface area contributed by atoms with Crippen LogP contribution in [0.4, 0.5) is 19.0 Å². The summed E-state index contributed by atoms with van der Waals surface area (Å²) in [6.07, 6.45) is -0.747. The molecule has 12 heteroatoms. The highest BCUT2D eigenvalue weighted by Crippen LogP contribution is 2.29. The van der Waals surface area contributed by atoms with Gasteiger partial charge in [-0.1, -0.05) is 0 Å². The van der Waals surface area contributed by atoms with Crippen LogP contribution in [0.1, 0.15) is 30.4 Å². The van der Waals surface area contributed by atoms with Gasteiger partial charge in [-0.3, -0.25) is 9.59 Å². The number of anilines is 1. The lowest BCUT2D eigenvalue weighted by Crippen LogP contribution is -2.49. The molecule has 9 nitrogen and oxygen atoms in total. The number of pyridine rings is 1. The number of halogens is 3. The number of ether oxygens (including phenoxy) is 2. The number of piperazine rings is 1. The van der Waals surface area contributed by atoms with Crippen molar-refractivity contribution < 1.29 is 27.4 Å². The van der Waals surface area contributed by atoms with Gasteiger partial charge in [0.2, 0.25) is 5.91 Å². The van der Waals surface area contributed by atoms with E-state index in [4.69, 9.17) is 9.47 Å². The van der Waals surface area contributed by atoms with E-state index in [1.54, 1.807) is 11.8 Å². The summed E-state index contributed by atoms with van der Waals surface area (Å²) < 4.78 is 49.8. The first-order valence-electron chi connectivity index (χ1n) is 11.1. The molecular formula is C22H26F3N5O4. The standard InChI is InChI=1S/C22H26F3N5O4/c1-14-18(12-27-28-21(14)32)33-13-17-4-3-16(34-17)10-20(31)30-8-6-29(7-9-30)19-5-2-15(11-26-19)22(23,24)25/h2,5,11-12,16-17H,3-4,6-10,13H2,1H3,(H,28,32)/t16-,17+/m0/s1. The van der Waals surface area contributed by atoms with Gasteiger partial charge in [0.15, 0.2) is 0 Å². The Morgan fingerprint density at radius 2 is 1.91 bits per heavy atom. The van der Waals surface area contributed by atoms with Crippen molar-refractivity contribution in [1.82, 2.24) is 20.1 Å². The zero-order valence-electron chi connectivity index (χ0n) is 18.7. The van der Waals surface area contributed by atoms with E-state index in [9.17, 15) is 22.8 Å². The minimum atomic E-state index is -4.42. The maximum atomic E-state index is 12.7. The number of alkyl halides is 3. The molecule has 4 rings (SSSR count). The fraction of sp³-hybridized carbons (Fsp3) is 0.545. The van der Waals surface area contributed by atoms with E-state index >= 15 is 0 Å². The number of amides is 1. The Balaban J connectivity index is 1.21. The second-order valence-electron chi connectivity index (χ2n) is 8.43. The van der Waals surface area contributed by atoms with Crippen molar-refractivity contribution in [3.63, 3.8) is 0 Å². The topological polar surface area (TPSA) is 101 Å². The Labute approximate surface area is 193 Å². The molecule has 2 saturated heterocycles. The third-order valence-electron chi connectivity index (χ3n) is 6.11. The molecule has 1 N–H and O–H groups in total. The number of hydrogen-bond acceptors (Lipinski definition) is 7. The van der Waals surface area contributed by atoms with Crippen LogP contribution in [0.2, 0.25) is 0 Å². The third-order valence-corrected chi connectivity index (χ3v) is 6.11. The Morgan fingerprint density at radius 3 is 2.59 bits per heavy atom. The quantitative estimate of drug-likeness (QED) is 0.675. The predicted octanol–water partition coefficient (Wildman–Crippen LogP) is 2.16. The Hall–Kier alpha value is -3.15. The summed E-state index contributed by atoms with van der Waals surface area (Å²) >= 11 is 0. The minimum Gasteiger partial charge on any atom is -0.489 e. The van der Waals surface area contributed by atoms with E-state index in [0.29, 0.717) is 43.3 Å². The summed E-state index contributed by atoms with van der Waals surface area (Å²) in [5.41, 5.74) is -0.637. The van der Waals surface area contributed by atoms with E-state index in [1.165, 1.54) is 12.3 Å². The van der Waals surface area contributed by atoms with E-state index in [1.807, 2.05) is 4.90 Å². The van der Waals surface area contributed by atoms with Crippen LogP contribution in [0.3, 0.4) is 0 Å². The fourth-order valence-electron chi connectivity index (χ4n) is 4.07. The lowest BCUT2D eigenvalue weighted by Gasteiger charge is -2.36. The van der Waals surface area contributed by atoms with Crippen LogP contribution in [-0.4, -0.2) is 71.0 Å². The number of aromatic nitrogens is 3. The molecule has 2 aromatic heterocycles. The van der Waals surface area contributed by atoms with E-state index in [2.05, 4.69) is 15.2 Å². The largest absolute Gasteiger partial charge is 0.489 e. The zero-order valence-corrected chi connectivity index (χ0v) is 18.7. The highest BCUT2D eigenvalue weighted by atomic mass is 19.4. The third kappa shape index (κ3) is 5.66. The van der Waals surface area contributed by atoms with Crippen molar-refractivity contribution in [3.8, 4) is 5.75 Å². The monoisotopic (exact) mass is 481 g/mol. The minimum absolute atomic E-state index is 0.0127. The molecule has 0 bridgehead atoms. The second-order valence-corrected chi connectivity index (χ2v) is 8.43. The molecule has 0 radical (unpaired) electrons. The van der Waals surface area contributed by atoms with E-state index in [0.717, 1.165) is 25.1 Å². The van der Waals surface area contributed by atoms with Gasteiger partial charge in [-0.15, -0.1) is 0 Å². The van der Waals surface area contributed by atoms with Gasteiger partial charge < -0.3 is 19.3 Å². The number of rotatable bonds is 6. The molecule has 4 heterocycles. The molecule has 34 heavy (non-hydrogen) atoms. The van der Waals surface area contributed by atoms with Gasteiger partial charge >= 0.3 is 6.18 Å². The maximum absolute atomic E-state index is 12.7. The SMILES string of the molecule is Cc1c(OC[C@H]2CC[C@@H](CC(=O)N3CCN(c4ccc(C(F)(F)F)cn4)CC3)O2)cn[nH]c1=O. The molecule has 0 saturated carbocycles. The molecule has 2 aliphatic heterocycles. The van der Waals surface area contributed by atoms with Crippen LogP contribution in [0.25, 0.3) is 0 Å². The molecule has 0 aliphatic carbocycles. The second kappa shape index (κ2) is 10.00. The lowest BCUT2D eigenvalue weighted by atomic mass is 10.1. The number of nitrogens with one attached hydrogen (secondary N) is 1. The molecule has 1 amide bonds. The summed E-state index contributed by atoms with van der Waals surface area (Å²) in [5, 5.41) is 6.07. The average Bonchev–Trinajstić information content (AvgIpc) is 3.27. The summed E-state index contributed by atoms with van der Waals surface area (Å²) in [4.78, 5) is 31.9. The van der Waals surface area contributed by atoms with Crippen molar-refractivity contribution in [2.45, 2.75) is 44.6 Å². The van der Waals surface area contributed by atoms with Gasteiger partial charge in [0.1, 0.15) is 18.2 Å². The first-order valence-corrected chi connectivity index (χ1v) is 11.1. The zero-order chi connectivity index (χ0) is 24.3. The number of aromatic amines is 1. The molecule has 0 aromatic carbocycles. The Kier molecular flexibility index (Phi) is 7.05.